The van der Waals surface area contributed by atoms with Crippen molar-refractivity contribution in [2.45, 2.75) is 6.54 Å². The van der Waals surface area contributed by atoms with Crippen LogP contribution in [0.2, 0.25) is 0 Å². The number of aromatic nitrogens is 5. The summed E-state index contributed by atoms with van der Waals surface area (Å²) in [6, 6.07) is 11.1. The Bertz CT molecular complexity index is 1070. The van der Waals surface area contributed by atoms with E-state index in [1.807, 2.05) is 24.6 Å². The van der Waals surface area contributed by atoms with E-state index in [0.29, 0.717) is 35.7 Å². The molecule has 0 atom stereocenters. The number of aliphatic imine (C=N–C) groups is 1. The minimum absolute atomic E-state index is 0.139. The number of benzene rings is 1. The van der Waals surface area contributed by atoms with Gasteiger partial charge in [0.25, 0.3) is 0 Å². The van der Waals surface area contributed by atoms with Crippen molar-refractivity contribution in [1.29, 1.82) is 5.26 Å². The van der Waals surface area contributed by atoms with Crippen LogP contribution < -0.4 is 5.73 Å². The molecular weight excluding hydrogens is 328 g/mol. The van der Waals surface area contributed by atoms with Crippen molar-refractivity contribution in [1.82, 2.24) is 25.0 Å². The molecule has 0 spiro atoms. The van der Waals surface area contributed by atoms with Crippen molar-refractivity contribution < 1.29 is 0 Å². The van der Waals surface area contributed by atoms with E-state index in [1.54, 1.807) is 28.9 Å². The minimum atomic E-state index is 0.139. The molecule has 3 aromatic rings. The first-order valence-electron chi connectivity index (χ1n) is 7.96. The van der Waals surface area contributed by atoms with Crippen LogP contribution in [0.3, 0.4) is 0 Å². The third kappa shape index (κ3) is 3.18. The predicted molar refractivity (Wildman–Crippen MR) is 97.1 cm³/mol. The highest BCUT2D eigenvalue weighted by atomic mass is 15.4. The number of nitrogen functional groups attached to an aromatic ring is 1. The average molecular weight is 342 g/mol. The van der Waals surface area contributed by atoms with Gasteiger partial charge in [-0.2, -0.15) is 5.26 Å². The second-order valence-electron chi connectivity index (χ2n) is 5.76. The third-order valence-electron chi connectivity index (χ3n) is 3.89. The molecule has 0 amide bonds. The van der Waals surface area contributed by atoms with Gasteiger partial charge in [0.2, 0.25) is 5.95 Å². The van der Waals surface area contributed by atoms with E-state index >= 15 is 0 Å². The molecule has 0 saturated heterocycles. The lowest BCUT2D eigenvalue weighted by atomic mass is 10.1. The van der Waals surface area contributed by atoms with Crippen LogP contribution in [0.25, 0.3) is 22.6 Å². The van der Waals surface area contributed by atoms with Crippen LogP contribution >= 0.6 is 0 Å². The molecule has 26 heavy (non-hydrogen) atoms. The number of nitriles is 1. The quantitative estimate of drug-likeness (QED) is 0.773. The van der Waals surface area contributed by atoms with Gasteiger partial charge in [-0.25, -0.2) is 14.6 Å². The molecule has 2 aromatic heterocycles. The van der Waals surface area contributed by atoms with Gasteiger partial charge in [-0.15, -0.1) is 5.10 Å². The summed E-state index contributed by atoms with van der Waals surface area (Å²) >= 11 is 0. The molecule has 1 aliphatic heterocycles. The van der Waals surface area contributed by atoms with Crippen LogP contribution in [-0.4, -0.2) is 37.7 Å². The van der Waals surface area contributed by atoms with Crippen LogP contribution in [0.1, 0.15) is 5.56 Å². The van der Waals surface area contributed by atoms with Gasteiger partial charge in [-0.05, 0) is 23.8 Å². The van der Waals surface area contributed by atoms with Crippen LogP contribution in [0.5, 0.6) is 0 Å². The number of anilines is 1. The highest BCUT2D eigenvalue weighted by molar-refractivity contribution is 5.80. The fourth-order valence-electron chi connectivity index (χ4n) is 2.67. The largest absolute Gasteiger partial charge is 0.368 e. The number of nitrogens with zero attached hydrogens (tertiary/aromatic N) is 7. The maximum Gasteiger partial charge on any atom is 0.221 e. The summed E-state index contributed by atoms with van der Waals surface area (Å²) in [7, 11) is 0. The lowest BCUT2D eigenvalue weighted by molar-refractivity contribution is 0.654. The van der Waals surface area contributed by atoms with E-state index in [1.165, 1.54) is 0 Å². The van der Waals surface area contributed by atoms with E-state index in [0.717, 1.165) is 11.1 Å². The molecule has 3 heterocycles. The second kappa shape index (κ2) is 6.57. The van der Waals surface area contributed by atoms with Gasteiger partial charge >= 0.3 is 0 Å². The van der Waals surface area contributed by atoms with Crippen molar-refractivity contribution in [2.24, 2.45) is 4.99 Å². The highest BCUT2D eigenvalue weighted by Crippen LogP contribution is 2.24. The monoisotopic (exact) mass is 342 g/mol. The molecule has 1 aliphatic rings. The summed E-state index contributed by atoms with van der Waals surface area (Å²) < 4.78 is 1.73. The minimum Gasteiger partial charge on any atom is -0.368 e. The summed E-state index contributed by atoms with van der Waals surface area (Å²) in [5.41, 5.74) is 10.1. The Morgan fingerprint density at radius 2 is 2.04 bits per heavy atom. The lowest BCUT2D eigenvalue weighted by Gasteiger charge is -2.04. The summed E-state index contributed by atoms with van der Waals surface area (Å²) in [6.45, 7) is 1.32. The normalized spacial score (nSPS) is 12.8. The van der Waals surface area contributed by atoms with E-state index in [2.05, 4.69) is 31.3 Å². The number of hydrogen-bond acceptors (Lipinski definition) is 7. The van der Waals surface area contributed by atoms with Crippen LogP contribution in [0, 0.1) is 11.3 Å². The van der Waals surface area contributed by atoms with Crippen molar-refractivity contribution in [3.8, 4) is 28.7 Å². The third-order valence-corrected chi connectivity index (χ3v) is 3.89. The molecule has 1 aromatic carbocycles. The van der Waals surface area contributed by atoms with E-state index < -0.39 is 0 Å². The Morgan fingerprint density at radius 3 is 2.85 bits per heavy atom. The molecule has 0 bridgehead atoms. The first-order chi connectivity index (χ1) is 12.7. The molecule has 8 nitrogen and oxygen atoms in total. The summed E-state index contributed by atoms with van der Waals surface area (Å²) in [6.07, 6.45) is 5.69. The van der Waals surface area contributed by atoms with E-state index in [-0.39, 0.29) is 5.95 Å². The van der Waals surface area contributed by atoms with Crippen molar-refractivity contribution in [3.05, 3.63) is 53.7 Å². The number of nitrogens with two attached hydrogens (primary N) is 1. The molecule has 8 heteroatoms. The maximum atomic E-state index is 9.07. The molecule has 0 aliphatic carbocycles. The number of rotatable bonds is 4. The van der Waals surface area contributed by atoms with Crippen molar-refractivity contribution in [2.75, 3.05) is 12.3 Å². The van der Waals surface area contributed by atoms with Gasteiger partial charge < -0.3 is 5.73 Å². The van der Waals surface area contributed by atoms with Gasteiger partial charge in [-0.1, -0.05) is 23.4 Å². The molecule has 0 unspecified atom stereocenters. The molecule has 126 valence electrons. The fraction of sp³-hybridized carbons (Fsp3) is 0.111. The van der Waals surface area contributed by atoms with E-state index in [4.69, 9.17) is 11.0 Å². The van der Waals surface area contributed by atoms with Crippen molar-refractivity contribution in [3.63, 3.8) is 0 Å². The molecule has 4 rings (SSSR count). The lowest BCUT2D eigenvalue weighted by Crippen LogP contribution is -2.01. The number of allylic oxidation sites excluding steroid dienone is 1. The topological polar surface area (TPSA) is 119 Å². The van der Waals surface area contributed by atoms with Crippen LogP contribution in [0.4, 0.5) is 5.95 Å². The first kappa shape index (κ1) is 15.7. The van der Waals surface area contributed by atoms with Gasteiger partial charge in [0.15, 0.2) is 0 Å². The van der Waals surface area contributed by atoms with Crippen molar-refractivity contribution >= 4 is 12.2 Å². The van der Waals surface area contributed by atoms with Gasteiger partial charge in [0.1, 0.15) is 5.69 Å². The molecule has 0 fully saturated rings. The summed E-state index contributed by atoms with van der Waals surface area (Å²) in [5.74, 6) is 0.139. The summed E-state index contributed by atoms with van der Waals surface area (Å²) in [4.78, 5) is 12.7. The van der Waals surface area contributed by atoms with Gasteiger partial charge in [0.05, 0.1) is 42.3 Å². The zero-order chi connectivity index (χ0) is 17.9. The fourth-order valence-corrected chi connectivity index (χ4v) is 2.67. The smallest absolute Gasteiger partial charge is 0.221 e. The Morgan fingerprint density at radius 1 is 1.15 bits per heavy atom. The van der Waals surface area contributed by atoms with E-state index in [9.17, 15) is 0 Å². The first-order valence-corrected chi connectivity index (χ1v) is 7.96. The molecule has 2 N–H and O–H groups in total. The Balaban J connectivity index is 1.67. The SMILES string of the molecule is N#Cc1cccc(-c2cc(-c3cn(CC4=CCN=C4)nn3)nc(N)n2)c1. The Labute approximate surface area is 149 Å². The van der Waals surface area contributed by atoms with Crippen LogP contribution in [-0.2, 0) is 6.54 Å². The molecular formula is C18H14N8. The zero-order valence-electron chi connectivity index (χ0n) is 13.7. The molecule has 0 saturated carbocycles. The maximum absolute atomic E-state index is 9.07. The Hall–Kier alpha value is -3.86. The second-order valence-corrected chi connectivity index (χ2v) is 5.76. The van der Waals surface area contributed by atoms with Gasteiger partial charge in [-0.3, -0.25) is 4.99 Å². The highest BCUT2D eigenvalue weighted by Gasteiger charge is 2.11. The van der Waals surface area contributed by atoms with Gasteiger partial charge in [0, 0.05) is 11.8 Å². The average Bonchev–Trinajstić information content (AvgIpc) is 3.34. The summed E-state index contributed by atoms with van der Waals surface area (Å²) in [5, 5.41) is 17.4. The molecule has 0 radical (unpaired) electrons. The standard InChI is InChI=1S/C18H14N8/c19-8-12-2-1-3-14(6-12)15-7-16(23-18(20)22-15)17-11-26(25-24-17)10-13-4-5-21-9-13/h1-4,6-7,9,11H,5,10H2,(H2,20,22,23). The predicted octanol–water partition coefficient (Wildman–Crippen LogP) is 1.87. The zero-order valence-corrected chi connectivity index (χ0v) is 13.7. The number of hydrogen-bond donors (Lipinski definition) is 1. The Kier molecular flexibility index (Phi) is 3.95. The van der Waals surface area contributed by atoms with Crippen LogP contribution in [0.15, 0.2) is 53.2 Å².